The number of hydrogen-bond donors (Lipinski definition) is 2. The number of halogens is 3. The number of rotatable bonds is 11. The largest absolute Gasteiger partial charge is 0.497 e. The Balaban J connectivity index is 1.49. The minimum absolute atomic E-state index is 0.0434. The maximum Gasteiger partial charge on any atom is 0.430 e. The fraction of sp³-hybridized carbons (Fsp3) is 0.481. The zero-order valence-electron chi connectivity index (χ0n) is 21.3. The monoisotopic (exact) mass is 539 g/mol. The first kappa shape index (κ1) is 29.1. The molecule has 0 bridgehead atoms. The molecule has 8 nitrogen and oxygen atoms in total. The second-order valence-corrected chi connectivity index (χ2v) is 9.19. The van der Waals surface area contributed by atoms with Crippen molar-refractivity contribution in [2.45, 2.75) is 43.9 Å². The van der Waals surface area contributed by atoms with Crippen LogP contribution in [0.5, 0.6) is 17.2 Å². The van der Waals surface area contributed by atoms with Crippen LogP contribution in [0.25, 0.3) is 0 Å². The molecule has 1 aliphatic heterocycles. The highest BCUT2D eigenvalue weighted by Crippen LogP contribution is 2.42. The van der Waals surface area contributed by atoms with Crippen molar-refractivity contribution in [3.05, 3.63) is 53.6 Å². The van der Waals surface area contributed by atoms with Crippen LogP contribution in [0.1, 0.15) is 48.0 Å². The number of hydrogen-bond acceptors (Lipinski definition) is 6. The van der Waals surface area contributed by atoms with Crippen LogP contribution >= 0.6 is 0 Å². The van der Waals surface area contributed by atoms with E-state index in [9.17, 15) is 27.9 Å². The van der Waals surface area contributed by atoms with Crippen molar-refractivity contribution in [2.75, 3.05) is 33.9 Å². The zero-order valence-corrected chi connectivity index (χ0v) is 21.3. The molecule has 0 saturated carbocycles. The minimum Gasteiger partial charge on any atom is -0.497 e. The summed E-state index contributed by atoms with van der Waals surface area (Å²) in [7, 11) is 2.67. The van der Waals surface area contributed by atoms with Gasteiger partial charge in [-0.05, 0) is 55.9 Å². The van der Waals surface area contributed by atoms with Gasteiger partial charge in [0.05, 0.1) is 20.8 Å². The number of alkyl halides is 3. The van der Waals surface area contributed by atoms with Crippen LogP contribution in [0.4, 0.5) is 13.2 Å². The van der Waals surface area contributed by atoms with Crippen LogP contribution in [0.2, 0.25) is 0 Å². The zero-order chi connectivity index (χ0) is 27.9. The molecule has 0 aliphatic carbocycles. The van der Waals surface area contributed by atoms with Gasteiger partial charge in [-0.25, -0.2) is 4.79 Å². The van der Waals surface area contributed by atoms with Gasteiger partial charge >= 0.3 is 12.1 Å². The van der Waals surface area contributed by atoms with Gasteiger partial charge in [0.2, 0.25) is 0 Å². The number of carboxylic acid groups (broad SMARTS) is 1. The van der Waals surface area contributed by atoms with E-state index in [0.717, 1.165) is 36.3 Å². The molecular formula is C27H32F3NO7. The van der Waals surface area contributed by atoms with Crippen molar-refractivity contribution >= 4 is 11.9 Å². The number of piperidine rings is 1. The van der Waals surface area contributed by atoms with Crippen molar-refractivity contribution in [2.24, 2.45) is 5.92 Å². The standard InChI is InChI=1S/C27H32F3NO7/c1-36-20-8-5-7-19(16-20)26(35,27(28,29)30)25(34)31-13-11-18(12-14-31)6-3-4-15-38-21-9-10-22(24(32)33)23(17-21)37-2/h5,7-10,16-18,35H,3-4,6,11-15H2,1-2H3,(H,32,33)/t26-/m1/s1. The first-order valence-electron chi connectivity index (χ1n) is 12.3. The predicted octanol–water partition coefficient (Wildman–Crippen LogP) is 4.64. The van der Waals surface area contributed by atoms with Crippen molar-refractivity contribution in [3.63, 3.8) is 0 Å². The molecular weight excluding hydrogens is 507 g/mol. The Morgan fingerprint density at radius 3 is 2.32 bits per heavy atom. The van der Waals surface area contributed by atoms with Crippen molar-refractivity contribution < 1.29 is 47.2 Å². The Morgan fingerprint density at radius 1 is 1.00 bits per heavy atom. The smallest absolute Gasteiger partial charge is 0.430 e. The lowest BCUT2D eigenvalue weighted by Gasteiger charge is -2.38. The van der Waals surface area contributed by atoms with Gasteiger partial charge in [0.15, 0.2) is 0 Å². The first-order valence-corrected chi connectivity index (χ1v) is 12.3. The van der Waals surface area contributed by atoms with Gasteiger partial charge in [0, 0.05) is 24.7 Å². The lowest BCUT2D eigenvalue weighted by atomic mass is 9.87. The molecule has 11 heteroatoms. The van der Waals surface area contributed by atoms with Gasteiger partial charge < -0.3 is 29.3 Å². The molecule has 3 rings (SSSR count). The Hall–Kier alpha value is -3.47. The van der Waals surface area contributed by atoms with Crippen molar-refractivity contribution in [1.82, 2.24) is 4.90 Å². The van der Waals surface area contributed by atoms with Crippen LogP contribution in [0.15, 0.2) is 42.5 Å². The summed E-state index contributed by atoms with van der Waals surface area (Å²) in [5, 5.41) is 19.8. The molecule has 2 aromatic rings. The molecule has 1 fully saturated rings. The van der Waals surface area contributed by atoms with E-state index in [1.165, 1.54) is 38.5 Å². The van der Waals surface area contributed by atoms with Crippen LogP contribution in [-0.2, 0) is 10.4 Å². The van der Waals surface area contributed by atoms with Crippen LogP contribution in [-0.4, -0.2) is 67.1 Å². The topological polar surface area (TPSA) is 106 Å². The summed E-state index contributed by atoms with van der Waals surface area (Å²) in [4.78, 5) is 25.2. The van der Waals surface area contributed by atoms with E-state index in [1.807, 2.05) is 0 Å². The Kier molecular flexibility index (Phi) is 9.48. The summed E-state index contributed by atoms with van der Waals surface area (Å²) in [6.07, 6.45) is -1.76. The van der Waals surface area contributed by atoms with Crippen molar-refractivity contribution in [3.8, 4) is 17.2 Å². The number of carbonyl (C=O) groups excluding carboxylic acids is 1. The SMILES string of the molecule is COc1cccc([C@@](O)(C(=O)N2CCC(CCCCOc3ccc(C(=O)O)c(OC)c3)CC2)C(F)(F)F)c1. The van der Waals surface area contributed by atoms with Crippen molar-refractivity contribution in [1.29, 1.82) is 0 Å². The summed E-state index contributed by atoms with van der Waals surface area (Å²) < 4.78 is 57.7. The number of aromatic carboxylic acids is 1. The molecule has 1 atom stereocenters. The number of carbonyl (C=O) groups is 2. The highest BCUT2D eigenvalue weighted by Gasteiger charge is 2.62. The molecule has 208 valence electrons. The number of aliphatic hydroxyl groups is 1. The number of carboxylic acids is 1. The van der Waals surface area contributed by atoms with E-state index in [0.29, 0.717) is 25.2 Å². The number of nitrogens with zero attached hydrogens (tertiary/aromatic N) is 1. The minimum atomic E-state index is -5.20. The van der Waals surface area contributed by atoms with Crippen LogP contribution < -0.4 is 14.2 Å². The summed E-state index contributed by atoms with van der Waals surface area (Å²) in [5.74, 6) is -1.42. The van der Waals surface area contributed by atoms with E-state index in [-0.39, 0.29) is 36.1 Å². The number of methoxy groups -OCH3 is 2. The fourth-order valence-electron chi connectivity index (χ4n) is 4.57. The molecule has 1 heterocycles. The molecule has 2 N–H and O–H groups in total. The van der Waals surface area contributed by atoms with Gasteiger partial charge in [-0.3, -0.25) is 4.79 Å². The molecule has 38 heavy (non-hydrogen) atoms. The molecule has 2 aromatic carbocycles. The number of likely N-dealkylation sites (tertiary alicyclic amines) is 1. The molecule has 0 unspecified atom stereocenters. The highest BCUT2D eigenvalue weighted by atomic mass is 19.4. The molecule has 1 aliphatic rings. The van der Waals surface area contributed by atoms with E-state index in [2.05, 4.69) is 0 Å². The van der Waals surface area contributed by atoms with Crippen LogP contribution in [0, 0.1) is 5.92 Å². The number of amides is 1. The summed E-state index contributed by atoms with van der Waals surface area (Å²) in [5.41, 5.74) is -4.19. The third kappa shape index (κ3) is 6.50. The third-order valence-electron chi connectivity index (χ3n) is 6.79. The lowest BCUT2D eigenvalue weighted by molar-refractivity contribution is -0.262. The molecule has 1 saturated heterocycles. The van der Waals surface area contributed by atoms with Gasteiger partial charge in [-0.1, -0.05) is 18.6 Å². The summed E-state index contributed by atoms with van der Waals surface area (Å²) in [6.45, 7) is 0.655. The Labute approximate surface area is 218 Å². The second kappa shape index (κ2) is 12.4. The lowest BCUT2D eigenvalue weighted by Crippen LogP contribution is -2.57. The average molecular weight is 540 g/mol. The predicted molar refractivity (Wildman–Crippen MR) is 132 cm³/mol. The number of ether oxygens (including phenoxy) is 3. The van der Waals surface area contributed by atoms with E-state index in [1.54, 1.807) is 6.07 Å². The first-order chi connectivity index (χ1) is 18.0. The second-order valence-electron chi connectivity index (χ2n) is 9.19. The third-order valence-corrected chi connectivity index (χ3v) is 6.79. The average Bonchev–Trinajstić information content (AvgIpc) is 2.91. The number of benzene rings is 2. The molecule has 0 spiro atoms. The normalized spacial score (nSPS) is 16.0. The van der Waals surface area contributed by atoms with E-state index < -0.39 is 29.2 Å². The summed E-state index contributed by atoms with van der Waals surface area (Å²) >= 11 is 0. The molecule has 1 amide bonds. The van der Waals surface area contributed by atoms with E-state index >= 15 is 0 Å². The molecule has 0 radical (unpaired) electrons. The molecule has 0 aromatic heterocycles. The Bertz CT molecular complexity index is 1120. The maximum absolute atomic E-state index is 14.0. The fourth-order valence-corrected chi connectivity index (χ4v) is 4.57. The summed E-state index contributed by atoms with van der Waals surface area (Å²) in [6, 6.07) is 9.33. The van der Waals surface area contributed by atoms with E-state index in [4.69, 9.17) is 19.3 Å². The highest BCUT2D eigenvalue weighted by molar-refractivity contribution is 5.91. The Morgan fingerprint density at radius 2 is 1.71 bits per heavy atom. The quantitative estimate of drug-likeness (QED) is 0.401. The number of unbranched alkanes of at least 4 members (excludes halogenated alkanes) is 1. The van der Waals surface area contributed by atoms with Gasteiger partial charge in [0.1, 0.15) is 22.8 Å². The van der Waals surface area contributed by atoms with Crippen LogP contribution in [0.3, 0.4) is 0 Å². The van der Waals surface area contributed by atoms with Gasteiger partial charge in [0.25, 0.3) is 11.5 Å². The van der Waals surface area contributed by atoms with Gasteiger partial charge in [-0.2, -0.15) is 13.2 Å². The maximum atomic E-state index is 14.0. The van der Waals surface area contributed by atoms with Gasteiger partial charge in [-0.15, -0.1) is 0 Å².